The number of ketones is 2. The van der Waals surface area contributed by atoms with E-state index in [1.54, 1.807) is 46.9 Å². The van der Waals surface area contributed by atoms with Gasteiger partial charge < -0.3 is 5.32 Å². The van der Waals surface area contributed by atoms with Gasteiger partial charge in [0.2, 0.25) is 0 Å². The van der Waals surface area contributed by atoms with E-state index >= 15 is 0 Å². The average Bonchev–Trinajstić information content (AvgIpc) is 3.15. The fourth-order valence-corrected chi connectivity index (χ4v) is 4.12. The summed E-state index contributed by atoms with van der Waals surface area (Å²) in [6, 6.07) is 15.5. The van der Waals surface area contributed by atoms with Crippen molar-refractivity contribution in [2.75, 3.05) is 5.32 Å². The van der Waals surface area contributed by atoms with Crippen LogP contribution >= 0.6 is 0 Å². The van der Waals surface area contributed by atoms with Crippen molar-refractivity contribution in [2.24, 2.45) is 0 Å². The maximum atomic E-state index is 13.3. The van der Waals surface area contributed by atoms with Crippen LogP contribution in [-0.2, 0) is 6.42 Å². The SMILES string of the molecule is CCc1nc2ccc(C)cn2c1C(=O)Nc1cccc2c1C(=O)c1ccccc1C2=O. The highest BCUT2D eigenvalue weighted by Gasteiger charge is 2.32. The van der Waals surface area contributed by atoms with E-state index in [4.69, 9.17) is 0 Å². The van der Waals surface area contributed by atoms with Crippen LogP contribution in [0.15, 0.2) is 60.8 Å². The molecule has 152 valence electrons. The number of benzene rings is 2. The number of pyridine rings is 1. The number of hydrogen-bond donors (Lipinski definition) is 1. The first-order valence-corrected chi connectivity index (χ1v) is 10.1. The Morgan fingerprint density at radius 1 is 0.935 bits per heavy atom. The third kappa shape index (κ3) is 2.87. The number of amides is 1. The number of carbonyl (C=O) groups excluding carboxylic acids is 3. The van der Waals surface area contributed by atoms with Gasteiger partial charge >= 0.3 is 0 Å². The van der Waals surface area contributed by atoms with Crippen LogP contribution in [-0.4, -0.2) is 26.9 Å². The quantitative estimate of drug-likeness (QED) is 0.483. The Morgan fingerprint density at radius 3 is 2.39 bits per heavy atom. The van der Waals surface area contributed by atoms with Crippen molar-refractivity contribution in [3.05, 3.63) is 100.0 Å². The van der Waals surface area contributed by atoms with Gasteiger partial charge in [0.1, 0.15) is 11.3 Å². The summed E-state index contributed by atoms with van der Waals surface area (Å²) in [7, 11) is 0. The van der Waals surface area contributed by atoms with Crippen LogP contribution in [0.4, 0.5) is 5.69 Å². The maximum absolute atomic E-state index is 13.3. The van der Waals surface area contributed by atoms with E-state index < -0.39 is 0 Å². The fourth-order valence-electron chi connectivity index (χ4n) is 4.12. The number of aromatic nitrogens is 2. The summed E-state index contributed by atoms with van der Waals surface area (Å²) in [6.45, 7) is 3.89. The number of anilines is 1. The fraction of sp³-hybridized carbons (Fsp3) is 0.120. The van der Waals surface area contributed by atoms with Crippen molar-refractivity contribution in [3.8, 4) is 0 Å². The van der Waals surface area contributed by atoms with Crippen molar-refractivity contribution in [1.29, 1.82) is 0 Å². The zero-order chi connectivity index (χ0) is 21.7. The Bertz CT molecular complexity index is 1420. The molecule has 0 saturated carbocycles. The number of nitrogens with one attached hydrogen (secondary N) is 1. The Morgan fingerprint density at radius 2 is 1.65 bits per heavy atom. The molecule has 6 heteroatoms. The molecule has 1 amide bonds. The molecule has 2 aromatic heterocycles. The molecule has 31 heavy (non-hydrogen) atoms. The summed E-state index contributed by atoms with van der Waals surface area (Å²) in [4.78, 5) is 44.0. The largest absolute Gasteiger partial charge is 0.320 e. The molecule has 2 aromatic carbocycles. The highest BCUT2D eigenvalue weighted by molar-refractivity contribution is 6.30. The van der Waals surface area contributed by atoms with Crippen LogP contribution in [0.25, 0.3) is 5.65 Å². The van der Waals surface area contributed by atoms with Crippen LogP contribution in [0.3, 0.4) is 0 Å². The first kappa shape index (κ1) is 18.9. The number of hydrogen-bond acceptors (Lipinski definition) is 4. The van der Waals surface area contributed by atoms with E-state index in [2.05, 4.69) is 10.3 Å². The lowest BCUT2D eigenvalue weighted by molar-refractivity contribution is 0.0978. The van der Waals surface area contributed by atoms with Crippen molar-refractivity contribution in [2.45, 2.75) is 20.3 Å². The highest BCUT2D eigenvalue weighted by atomic mass is 16.2. The summed E-state index contributed by atoms with van der Waals surface area (Å²) >= 11 is 0. The molecule has 0 fully saturated rings. The lowest BCUT2D eigenvalue weighted by Crippen LogP contribution is -2.24. The van der Waals surface area contributed by atoms with Crippen LogP contribution in [0.1, 0.15) is 60.5 Å². The van der Waals surface area contributed by atoms with Gasteiger partial charge in [-0.15, -0.1) is 0 Å². The third-order valence-corrected chi connectivity index (χ3v) is 5.59. The molecule has 2 heterocycles. The molecule has 1 N–H and O–H groups in total. The molecule has 0 aliphatic heterocycles. The summed E-state index contributed by atoms with van der Waals surface area (Å²) in [5, 5.41) is 2.87. The molecule has 0 bridgehead atoms. The Balaban J connectivity index is 1.61. The molecule has 5 rings (SSSR count). The maximum Gasteiger partial charge on any atom is 0.274 e. The van der Waals surface area contributed by atoms with Gasteiger partial charge in [-0.2, -0.15) is 0 Å². The molecule has 0 radical (unpaired) electrons. The van der Waals surface area contributed by atoms with Gasteiger partial charge in [0, 0.05) is 22.9 Å². The molecule has 1 aliphatic carbocycles. The molecule has 0 unspecified atom stereocenters. The van der Waals surface area contributed by atoms with Crippen LogP contribution in [0.2, 0.25) is 0 Å². The second-order valence-corrected chi connectivity index (χ2v) is 7.58. The topological polar surface area (TPSA) is 80.5 Å². The Hall–Kier alpha value is -4.06. The highest BCUT2D eigenvalue weighted by Crippen LogP contribution is 2.32. The van der Waals surface area contributed by atoms with Crippen molar-refractivity contribution in [3.63, 3.8) is 0 Å². The first-order chi connectivity index (χ1) is 15.0. The predicted molar refractivity (Wildman–Crippen MR) is 117 cm³/mol. The van der Waals surface area contributed by atoms with E-state index in [0.29, 0.717) is 45.8 Å². The third-order valence-electron chi connectivity index (χ3n) is 5.59. The monoisotopic (exact) mass is 409 g/mol. The number of aryl methyl sites for hydroxylation is 2. The molecule has 4 aromatic rings. The van der Waals surface area contributed by atoms with E-state index in [9.17, 15) is 14.4 Å². The minimum atomic E-state index is -0.373. The van der Waals surface area contributed by atoms with Crippen molar-refractivity contribution >= 4 is 28.8 Å². The predicted octanol–water partition coefficient (Wildman–Crippen LogP) is 4.23. The van der Waals surface area contributed by atoms with Crippen molar-refractivity contribution < 1.29 is 14.4 Å². The average molecular weight is 409 g/mol. The standard InChI is InChI=1S/C25H19N3O3/c1-3-18-22(28-13-14(2)11-12-20(28)26-18)25(31)27-19-10-6-9-17-21(19)24(30)16-8-5-4-7-15(16)23(17)29/h4-13H,3H2,1-2H3,(H,27,31). The van der Waals surface area contributed by atoms with Gasteiger partial charge in [-0.05, 0) is 31.0 Å². The van der Waals surface area contributed by atoms with Crippen LogP contribution in [0, 0.1) is 6.92 Å². The number of imidazole rings is 1. The minimum absolute atomic E-state index is 0.221. The lowest BCUT2D eigenvalue weighted by Gasteiger charge is -2.20. The van der Waals surface area contributed by atoms with Gasteiger partial charge in [-0.1, -0.05) is 49.4 Å². The summed E-state index contributed by atoms with van der Waals surface area (Å²) in [5.74, 6) is -0.866. The molecule has 1 aliphatic rings. The van der Waals surface area contributed by atoms with Crippen LogP contribution in [0.5, 0.6) is 0 Å². The minimum Gasteiger partial charge on any atom is -0.320 e. The second kappa shape index (κ2) is 7.02. The molecule has 0 saturated heterocycles. The normalized spacial score (nSPS) is 12.6. The van der Waals surface area contributed by atoms with Gasteiger partial charge in [-0.3, -0.25) is 18.8 Å². The smallest absolute Gasteiger partial charge is 0.274 e. The van der Waals surface area contributed by atoms with E-state index in [1.807, 2.05) is 32.2 Å². The van der Waals surface area contributed by atoms with E-state index in [1.165, 1.54) is 0 Å². The molecule has 0 spiro atoms. The number of carbonyl (C=O) groups is 3. The second-order valence-electron chi connectivity index (χ2n) is 7.58. The van der Waals surface area contributed by atoms with Gasteiger partial charge in [0.15, 0.2) is 11.6 Å². The Kier molecular flexibility index (Phi) is 4.29. The summed E-state index contributed by atoms with van der Waals surface area (Å²) in [6.07, 6.45) is 2.45. The number of rotatable bonds is 3. The number of fused-ring (bicyclic) bond motifs is 3. The molecule has 6 nitrogen and oxygen atoms in total. The van der Waals surface area contributed by atoms with Crippen LogP contribution < -0.4 is 5.32 Å². The first-order valence-electron chi connectivity index (χ1n) is 10.1. The van der Waals surface area contributed by atoms with E-state index in [-0.39, 0.29) is 23.0 Å². The van der Waals surface area contributed by atoms with Gasteiger partial charge in [-0.25, -0.2) is 4.98 Å². The zero-order valence-corrected chi connectivity index (χ0v) is 17.1. The Labute approximate surface area is 178 Å². The van der Waals surface area contributed by atoms with Gasteiger partial charge in [0.05, 0.1) is 16.9 Å². The van der Waals surface area contributed by atoms with E-state index in [0.717, 1.165) is 5.56 Å². The zero-order valence-electron chi connectivity index (χ0n) is 17.1. The molecule has 0 atom stereocenters. The van der Waals surface area contributed by atoms with Gasteiger partial charge in [0.25, 0.3) is 5.91 Å². The lowest BCUT2D eigenvalue weighted by atomic mass is 9.83. The number of nitrogens with zero attached hydrogens (tertiary/aromatic N) is 2. The van der Waals surface area contributed by atoms with Crippen molar-refractivity contribution in [1.82, 2.24) is 9.38 Å². The molecular formula is C25H19N3O3. The summed E-state index contributed by atoms with van der Waals surface area (Å²) < 4.78 is 1.77. The summed E-state index contributed by atoms with van der Waals surface area (Å²) in [5.41, 5.74) is 4.34. The molecular weight excluding hydrogens is 390 g/mol.